The van der Waals surface area contributed by atoms with E-state index >= 15 is 0 Å². The number of thiazole rings is 1. The molecule has 7 atom stereocenters. The van der Waals surface area contributed by atoms with Crippen molar-refractivity contribution in [3.63, 3.8) is 0 Å². The second-order valence-electron chi connectivity index (χ2n) is 21.8. The predicted octanol–water partition coefficient (Wildman–Crippen LogP) is 6.74. The van der Waals surface area contributed by atoms with Crippen molar-refractivity contribution in [3.05, 3.63) is 104 Å². The Morgan fingerprint density at radius 2 is 1.58 bits per heavy atom. The highest BCUT2D eigenvalue weighted by atomic mass is 35.5. The van der Waals surface area contributed by atoms with Crippen LogP contribution in [0.5, 0.6) is 0 Å². The summed E-state index contributed by atoms with van der Waals surface area (Å²) < 4.78 is 2.09. The van der Waals surface area contributed by atoms with E-state index in [1.54, 1.807) is 22.7 Å². The first kappa shape index (κ1) is 51.1. The quantitative estimate of drug-likeness (QED) is 0.121. The van der Waals surface area contributed by atoms with E-state index in [-0.39, 0.29) is 67.7 Å². The molecule has 4 amide bonds. The second kappa shape index (κ2) is 20.4. The number of aliphatic hydroxyl groups is 1. The van der Waals surface area contributed by atoms with Crippen LogP contribution in [0.15, 0.2) is 59.0 Å². The van der Waals surface area contributed by atoms with Crippen LogP contribution in [0.2, 0.25) is 5.02 Å². The molecular weight excluding hydrogens is 982 g/mol. The maximum Gasteiger partial charge on any atom is 0.246 e. The van der Waals surface area contributed by atoms with E-state index in [0.29, 0.717) is 23.4 Å². The number of hydrogen-bond donors (Lipinski definition) is 3. The number of likely N-dealkylation sites (tertiary alicyclic amines) is 4. The summed E-state index contributed by atoms with van der Waals surface area (Å²) in [6.45, 7) is 18.9. The molecule has 3 N–H and O–H groups in total. The number of halogens is 1. The standard InChI is InChI=1S/C54H66ClN11O5S2/c1-29-32(4)73-53-46(29)47(35-13-15-37(55)16-14-35)58-42(50-61-60-33(5)66(50)53)23-45(69)64-25-39-21-40(64)24-63(39)38-17-19-62(20-18-38)27-44(68)59-49(54(6,7)8)52(71)65-26-41(67)22-43(65)51(70)57-30(2)34-9-11-36(12-10-34)48-31(3)56-28-72-48/h9-16,28,30,38-43,49,67H,17-27H2,1-8H3,(H,57,70)(H,59,68)/t30-,39+,40+,41+,42-,43-,49+/m0/s1. The Labute approximate surface area is 440 Å². The van der Waals surface area contributed by atoms with Crippen LogP contribution in [0.4, 0.5) is 0 Å². The summed E-state index contributed by atoms with van der Waals surface area (Å²) in [6.07, 6.45) is 2.16. The van der Waals surface area contributed by atoms with Gasteiger partial charge in [-0.25, -0.2) is 4.98 Å². The zero-order valence-corrected chi connectivity index (χ0v) is 45.3. The van der Waals surface area contributed by atoms with Crippen molar-refractivity contribution >= 4 is 63.6 Å². The highest BCUT2D eigenvalue weighted by Crippen LogP contribution is 2.42. The first-order valence-corrected chi connectivity index (χ1v) is 27.6. The normalized spacial score (nSPS) is 23.2. The molecule has 16 nitrogen and oxygen atoms in total. The number of fused-ring (bicyclic) bond motifs is 5. The van der Waals surface area contributed by atoms with Gasteiger partial charge in [-0.1, -0.05) is 68.8 Å². The lowest BCUT2D eigenvalue weighted by atomic mass is 9.85. The summed E-state index contributed by atoms with van der Waals surface area (Å²) >= 11 is 9.60. The van der Waals surface area contributed by atoms with E-state index < -0.39 is 29.6 Å². The monoisotopic (exact) mass is 1050 g/mol. The summed E-state index contributed by atoms with van der Waals surface area (Å²) in [5, 5.41) is 27.7. The van der Waals surface area contributed by atoms with E-state index in [1.807, 2.05) is 95.6 Å². The van der Waals surface area contributed by atoms with Crippen molar-refractivity contribution in [1.29, 1.82) is 0 Å². The number of thiophene rings is 1. The van der Waals surface area contributed by atoms with Crippen molar-refractivity contribution in [2.24, 2.45) is 10.4 Å². The van der Waals surface area contributed by atoms with E-state index in [9.17, 15) is 24.3 Å². The number of piperazine rings is 1. The summed E-state index contributed by atoms with van der Waals surface area (Å²) in [5.74, 6) is 0.539. The first-order valence-electron chi connectivity index (χ1n) is 25.6. The molecule has 0 unspecified atom stereocenters. The summed E-state index contributed by atoms with van der Waals surface area (Å²) in [7, 11) is 0. The third-order valence-corrected chi connectivity index (χ3v) is 18.2. The van der Waals surface area contributed by atoms with Crippen LogP contribution in [-0.4, -0.2) is 149 Å². The molecule has 0 radical (unpaired) electrons. The number of aliphatic hydroxyl groups excluding tert-OH is 1. The number of nitrogens with one attached hydrogen (secondary N) is 2. The molecule has 5 aliphatic heterocycles. The SMILES string of the molecule is Cc1ncsc1-c1ccc([C@H](C)NC(=O)[C@@H]2C[C@@H](O)CN2C(=O)[C@@H](NC(=O)CN2CCC(N3C[C@H]4C[C@@H]3CN4C(=O)C[C@@H]3N=C(c4ccc(Cl)cc4)c4c(sc(C)c4C)-n4c(C)nnc43)CC2)C(C)(C)C)cc1. The van der Waals surface area contributed by atoms with Gasteiger partial charge in [-0.2, -0.15) is 0 Å². The van der Waals surface area contributed by atoms with Gasteiger partial charge in [0.1, 0.15) is 29.0 Å². The minimum atomic E-state index is -0.909. The molecule has 3 aromatic heterocycles. The topological polar surface area (TPSA) is 181 Å². The Morgan fingerprint density at radius 1 is 0.863 bits per heavy atom. The number of β-amino-alcohol motifs (C(OH)–C–C–N with tert-alkyl or cyclic N) is 1. The largest absolute Gasteiger partial charge is 0.391 e. The Bertz CT molecular complexity index is 2940. The zero-order chi connectivity index (χ0) is 51.6. The summed E-state index contributed by atoms with van der Waals surface area (Å²) in [5.41, 5.74) is 8.07. The van der Waals surface area contributed by atoms with Gasteiger partial charge in [0.15, 0.2) is 5.82 Å². The summed E-state index contributed by atoms with van der Waals surface area (Å²) in [6, 6.07) is 13.8. The van der Waals surface area contributed by atoms with Crippen molar-refractivity contribution < 1.29 is 24.3 Å². The lowest BCUT2D eigenvalue weighted by Gasteiger charge is -2.42. The van der Waals surface area contributed by atoms with Gasteiger partial charge in [0.25, 0.3) is 0 Å². The number of carbonyl (C=O) groups excluding carboxylic acids is 4. The van der Waals surface area contributed by atoms with E-state index in [1.165, 1.54) is 9.78 Å². The molecule has 0 spiro atoms. The molecule has 0 saturated carbocycles. The fraction of sp³-hybridized carbons (Fsp3) is 0.519. The highest BCUT2D eigenvalue weighted by molar-refractivity contribution is 7.15. The first-order chi connectivity index (χ1) is 34.8. The third-order valence-electron chi connectivity index (χ3n) is 15.8. The Balaban J connectivity index is 0.727. The van der Waals surface area contributed by atoms with Crippen molar-refractivity contribution in [3.8, 4) is 15.4 Å². The van der Waals surface area contributed by atoms with Crippen molar-refractivity contribution in [2.75, 3.05) is 39.3 Å². The number of amides is 4. The zero-order valence-electron chi connectivity index (χ0n) is 42.9. The number of rotatable bonds is 12. The average Bonchev–Trinajstić information content (AvgIpc) is 4.24. The Hall–Kier alpha value is -5.37. The lowest BCUT2D eigenvalue weighted by Crippen LogP contribution is -2.59. The number of benzene rings is 2. The number of aryl methyl sites for hydroxylation is 3. The van der Waals surface area contributed by atoms with Gasteiger partial charge >= 0.3 is 0 Å². The van der Waals surface area contributed by atoms with Crippen LogP contribution >= 0.6 is 34.3 Å². The maximum absolute atomic E-state index is 14.4. The van der Waals surface area contributed by atoms with Crippen LogP contribution < -0.4 is 10.6 Å². The molecule has 2 bridgehead atoms. The van der Waals surface area contributed by atoms with Gasteiger partial charge in [0, 0.05) is 78.3 Å². The fourth-order valence-electron chi connectivity index (χ4n) is 11.7. The van der Waals surface area contributed by atoms with E-state index in [2.05, 4.69) is 58.9 Å². The smallest absolute Gasteiger partial charge is 0.246 e. The van der Waals surface area contributed by atoms with Gasteiger partial charge in [0.2, 0.25) is 23.6 Å². The van der Waals surface area contributed by atoms with E-state index in [4.69, 9.17) is 16.6 Å². The molecule has 0 aliphatic carbocycles. The molecule has 2 aromatic carbocycles. The number of aliphatic imine (C=N–C) groups is 1. The summed E-state index contributed by atoms with van der Waals surface area (Å²) in [4.78, 5) is 76.7. The van der Waals surface area contributed by atoms with Crippen molar-refractivity contribution in [2.45, 2.75) is 136 Å². The van der Waals surface area contributed by atoms with Crippen LogP contribution in [0, 0.1) is 33.1 Å². The van der Waals surface area contributed by atoms with Gasteiger partial charge in [-0.3, -0.25) is 38.5 Å². The highest BCUT2D eigenvalue weighted by Gasteiger charge is 2.49. The molecule has 386 valence electrons. The van der Waals surface area contributed by atoms with Gasteiger partial charge in [-0.15, -0.1) is 32.9 Å². The molecule has 4 saturated heterocycles. The molecule has 19 heteroatoms. The number of aromatic nitrogens is 4. The predicted molar refractivity (Wildman–Crippen MR) is 284 cm³/mol. The van der Waals surface area contributed by atoms with Crippen LogP contribution in [0.25, 0.3) is 15.4 Å². The van der Waals surface area contributed by atoms with Crippen LogP contribution in [-0.2, 0) is 19.2 Å². The average molecular weight is 1050 g/mol. The lowest BCUT2D eigenvalue weighted by molar-refractivity contribution is -0.144. The fourth-order valence-corrected chi connectivity index (χ4v) is 13.9. The number of carbonyl (C=O) groups is 4. The Kier molecular flexibility index (Phi) is 14.3. The molecular formula is C54H66ClN11O5S2. The minimum Gasteiger partial charge on any atom is -0.391 e. The van der Waals surface area contributed by atoms with E-state index in [0.717, 1.165) is 93.8 Å². The number of piperidine rings is 1. The third kappa shape index (κ3) is 10.1. The van der Waals surface area contributed by atoms with Gasteiger partial charge < -0.3 is 25.5 Å². The molecule has 4 fully saturated rings. The Morgan fingerprint density at radius 3 is 2.23 bits per heavy atom. The molecule has 5 aliphatic rings. The van der Waals surface area contributed by atoms with Gasteiger partial charge in [-0.05, 0) is 88.1 Å². The molecule has 8 heterocycles. The minimum absolute atomic E-state index is 0.00909. The molecule has 73 heavy (non-hydrogen) atoms. The van der Waals surface area contributed by atoms with Crippen LogP contribution in [0.3, 0.4) is 0 Å². The van der Waals surface area contributed by atoms with Crippen LogP contribution in [0.1, 0.15) is 116 Å². The molecule has 5 aromatic rings. The second-order valence-corrected chi connectivity index (χ2v) is 24.3. The van der Waals surface area contributed by atoms with Gasteiger partial charge in [0.05, 0.1) is 46.9 Å². The maximum atomic E-state index is 14.4. The number of nitrogens with zero attached hydrogens (tertiary/aromatic N) is 9. The molecule has 10 rings (SSSR count). The van der Waals surface area contributed by atoms with Crippen molar-refractivity contribution in [1.82, 2.24) is 50.0 Å². The number of hydrogen-bond acceptors (Lipinski definition) is 13.